The molecule has 0 saturated heterocycles. The van der Waals surface area contributed by atoms with Crippen LogP contribution in [0.3, 0.4) is 0 Å². The molecule has 1 atom stereocenters. The minimum atomic E-state index is -1.13. The number of carboxylic acids is 1. The molecule has 1 unspecified atom stereocenters. The summed E-state index contributed by atoms with van der Waals surface area (Å²) in [6, 6.07) is 13.1. The molecule has 2 aromatic carbocycles. The number of phenolic OH excluding ortho intramolecular Hbond substituents is 1. The van der Waals surface area contributed by atoms with Gasteiger partial charge in [0.15, 0.2) is 0 Å². The van der Waals surface area contributed by atoms with E-state index in [0.717, 1.165) is 17.4 Å². The number of hydrogen-bond acceptors (Lipinski definition) is 6. The Kier molecular flexibility index (Phi) is 12.2. The van der Waals surface area contributed by atoms with Crippen LogP contribution in [0.5, 0.6) is 5.75 Å². The Morgan fingerprint density at radius 2 is 1.84 bits per heavy atom. The number of aliphatic carboxylic acids is 1. The molecule has 0 saturated carbocycles. The van der Waals surface area contributed by atoms with Crippen LogP contribution in [0.4, 0.5) is 10.2 Å². The van der Waals surface area contributed by atoms with Gasteiger partial charge in [0.05, 0.1) is 19.0 Å². The number of nitrogens with zero attached hydrogens (tertiary/aromatic N) is 1. The third-order valence-corrected chi connectivity index (χ3v) is 5.52. The number of rotatable bonds is 12. The molecule has 3 rings (SSSR count). The van der Waals surface area contributed by atoms with Gasteiger partial charge in [-0.3, -0.25) is 14.4 Å². The van der Waals surface area contributed by atoms with Crippen molar-refractivity contribution >= 4 is 53.2 Å². The van der Waals surface area contributed by atoms with Gasteiger partial charge >= 0.3 is 35.5 Å². The van der Waals surface area contributed by atoms with Crippen LogP contribution in [0, 0.1) is 12.7 Å². The molecule has 0 fully saturated rings. The van der Waals surface area contributed by atoms with Gasteiger partial charge < -0.3 is 26.2 Å². The van der Waals surface area contributed by atoms with E-state index in [1.165, 1.54) is 12.1 Å². The van der Waals surface area contributed by atoms with Crippen LogP contribution in [0.2, 0.25) is 0 Å². The van der Waals surface area contributed by atoms with Gasteiger partial charge in [-0.25, -0.2) is 9.37 Å². The van der Waals surface area contributed by atoms with Gasteiger partial charge in [0.2, 0.25) is 11.8 Å². The van der Waals surface area contributed by atoms with E-state index in [-0.39, 0.29) is 54.2 Å². The summed E-state index contributed by atoms with van der Waals surface area (Å²) in [5, 5.41) is 27.7. The van der Waals surface area contributed by atoms with E-state index in [1.807, 2.05) is 19.1 Å². The second kappa shape index (κ2) is 15.1. The standard InChI is InChI=1S/C27H29FN4O5.Na.H/c1-17-9-11-30-24(12-17)29-10-3-6-25(34)31-16-26(35)32-22(15-27(36)37)19-5-2-4-18(13-19)21-8-7-20(28)14-23(21)33;;/h2,4-5,7-9,11-14,22,33H,3,6,10,15-16H2,1H3,(H,29,30)(H,31,34)(H,32,35)(H,36,37);;. The van der Waals surface area contributed by atoms with Crippen molar-refractivity contribution in [2.45, 2.75) is 32.2 Å². The van der Waals surface area contributed by atoms with E-state index in [9.17, 15) is 29.0 Å². The second-order valence-electron chi connectivity index (χ2n) is 8.53. The number of pyridine rings is 1. The number of halogens is 1. The number of carbonyl (C=O) groups excluding carboxylic acids is 2. The van der Waals surface area contributed by atoms with Gasteiger partial charge in [0.1, 0.15) is 17.4 Å². The molecular weight excluding hydrogens is 502 g/mol. The van der Waals surface area contributed by atoms with Gasteiger partial charge in [-0.05, 0) is 60.4 Å². The van der Waals surface area contributed by atoms with Crippen LogP contribution in [0.1, 0.15) is 36.4 Å². The van der Waals surface area contributed by atoms with Gasteiger partial charge in [-0.15, -0.1) is 0 Å². The average Bonchev–Trinajstić information content (AvgIpc) is 2.85. The Morgan fingerprint density at radius 3 is 2.55 bits per heavy atom. The molecule has 3 aromatic rings. The number of benzene rings is 2. The summed E-state index contributed by atoms with van der Waals surface area (Å²) in [6.07, 6.45) is 2.04. The van der Waals surface area contributed by atoms with Gasteiger partial charge in [0, 0.05) is 30.8 Å². The van der Waals surface area contributed by atoms with Crippen molar-refractivity contribution < 1.29 is 29.0 Å². The van der Waals surface area contributed by atoms with Crippen molar-refractivity contribution in [3.63, 3.8) is 0 Å². The Morgan fingerprint density at radius 1 is 1.05 bits per heavy atom. The third-order valence-electron chi connectivity index (χ3n) is 5.52. The van der Waals surface area contributed by atoms with Gasteiger partial charge in [-0.2, -0.15) is 0 Å². The average molecular weight is 533 g/mol. The van der Waals surface area contributed by atoms with E-state index in [1.54, 1.807) is 30.5 Å². The maximum absolute atomic E-state index is 13.3. The van der Waals surface area contributed by atoms with Crippen LogP contribution in [0.15, 0.2) is 60.8 Å². The number of nitrogens with one attached hydrogen (secondary N) is 3. The summed E-state index contributed by atoms with van der Waals surface area (Å²) in [4.78, 5) is 40.2. The number of aromatic nitrogens is 1. The number of aromatic hydroxyl groups is 1. The normalized spacial score (nSPS) is 11.1. The number of aryl methyl sites for hydroxylation is 1. The monoisotopic (exact) mass is 532 g/mol. The topological polar surface area (TPSA) is 141 Å². The van der Waals surface area contributed by atoms with Crippen molar-refractivity contribution in [3.05, 3.63) is 77.7 Å². The van der Waals surface area contributed by atoms with Crippen molar-refractivity contribution in [3.8, 4) is 16.9 Å². The van der Waals surface area contributed by atoms with Crippen LogP contribution >= 0.6 is 0 Å². The molecule has 0 spiro atoms. The quantitative estimate of drug-likeness (QED) is 0.178. The molecule has 0 aliphatic carbocycles. The van der Waals surface area contributed by atoms with E-state index in [4.69, 9.17) is 0 Å². The summed E-state index contributed by atoms with van der Waals surface area (Å²) in [5.74, 6) is -2.10. The Labute approximate surface area is 242 Å². The fraction of sp³-hybridized carbons (Fsp3) is 0.259. The van der Waals surface area contributed by atoms with Crippen molar-refractivity contribution in [1.82, 2.24) is 15.6 Å². The molecule has 9 nitrogen and oxygen atoms in total. The first kappa shape index (κ1) is 30.8. The minimum absolute atomic E-state index is 0. The van der Waals surface area contributed by atoms with Crippen LogP contribution in [-0.2, 0) is 14.4 Å². The first-order valence-electron chi connectivity index (χ1n) is 11.7. The van der Waals surface area contributed by atoms with E-state index in [2.05, 4.69) is 20.9 Å². The summed E-state index contributed by atoms with van der Waals surface area (Å²) >= 11 is 0. The first-order valence-corrected chi connectivity index (χ1v) is 11.7. The molecule has 11 heteroatoms. The zero-order valence-corrected chi connectivity index (χ0v) is 20.3. The van der Waals surface area contributed by atoms with Crippen LogP contribution < -0.4 is 16.0 Å². The van der Waals surface area contributed by atoms with E-state index >= 15 is 0 Å². The number of carbonyl (C=O) groups is 3. The molecular formula is C27H30FN4NaO5. The number of phenols is 1. The summed E-state index contributed by atoms with van der Waals surface area (Å²) in [7, 11) is 0. The van der Waals surface area contributed by atoms with Crippen LogP contribution in [-0.4, -0.2) is 75.6 Å². The van der Waals surface area contributed by atoms with Crippen molar-refractivity contribution in [2.24, 2.45) is 0 Å². The number of carboxylic acid groups (broad SMARTS) is 1. The summed E-state index contributed by atoms with van der Waals surface area (Å²) in [6.45, 7) is 2.19. The molecule has 1 heterocycles. The molecule has 0 bridgehead atoms. The molecule has 5 N–H and O–H groups in total. The van der Waals surface area contributed by atoms with Crippen molar-refractivity contribution in [1.29, 1.82) is 0 Å². The van der Waals surface area contributed by atoms with E-state index < -0.39 is 30.2 Å². The maximum atomic E-state index is 13.3. The molecule has 2 amide bonds. The zero-order valence-electron chi connectivity index (χ0n) is 20.3. The number of anilines is 1. The SMILES string of the molecule is Cc1ccnc(NCCCC(=O)NCC(=O)NC(CC(=O)O)c2cccc(-c3ccc(F)cc3O)c2)c1.[NaH]. The number of hydrogen-bond donors (Lipinski definition) is 5. The molecule has 1 aromatic heterocycles. The third kappa shape index (κ3) is 9.77. The number of amides is 2. The van der Waals surface area contributed by atoms with Crippen LogP contribution in [0.25, 0.3) is 11.1 Å². The zero-order chi connectivity index (χ0) is 26.8. The fourth-order valence-electron chi connectivity index (χ4n) is 3.71. The van der Waals surface area contributed by atoms with Gasteiger partial charge in [0.25, 0.3) is 0 Å². The molecule has 38 heavy (non-hydrogen) atoms. The van der Waals surface area contributed by atoms with Gasteiger partial charge in [-0.1, -0.05) is 18.2 Å². The molecule has 0 aliphatic heterocycles. The Bertz CT molecular complexity index is 1270. The summed E-state index contributed by atoms with van der Waals surface area (Å²) in [5.41, 5.74) is 2.45. The molecule has 0 radical (unpaired) electrons. The van der Waals surface area contributed by atoms with E-state index in [0.29, 0.717) is 29.7 Å². The second-order valence-corrected chi connectivity index (χ2v) is 8.53. The predicted octanol–water partition coefficient (Wildman–Crippen LogP) is 2.89. The fourth-order valence-corrected chi connectivity index (χ4v) is 3.71. The predicted molar refractivity (Wildman–Crippen MR) is 143 cm³/mol. The Hall–Kier alpha value is -3.47. The van der Waals surface area contributed by atoms with Crippen molar-refractivity contribution in [2.75, 3.05) is 18.4 Å². The Balaban J connectivity index is 0.00000507. The molecule has 0 aliphatic rings. The summed E-state index contributed by atoms with van der Waals surface area (Å²) < 4.78 is 13.3. The molecule has 196 valence electrons. The first-order chi connectivity index (χ1) is 17.7.